The molecule has 1 atom stereocenters. The van der Waals surface area contributed by atoms with Crippen molar-refractivity contribution in [2.45, 2.75) is 19.6 Å². The van der Waals surface area contributed by atoms with Crippen LogP contribution in [-0.4, -0.2) is 20.8 Å². The number of aliphatic hydroxyl groups is 1. The molecule has 0 aromatic carbocycles. The molecule has 11 heavy (non-hydrogen) atoms. The molecular formula is C7H10N2O2. The second kappa shape index (κ2) is 3.30. The van der Waals surface area contributed by atoms with Gasteiger partial charge in [0.15, 0.2) is 0 Å². The van der Waals surface area contributed by atoms with Crippen LogP contribution < -0.4 is 5.69 Å². The van der Waals surface area contributed by atoms with Gasteiger partial charge in [0.05, 0.1) is 12.6 Å². The van der Waals surface area contributed by atoms with Crippen molar-refractivity contribution in [2.24, 2.45) is 0 Å². The summed E-state index contributed by atoms with van der Waals surface area (Å²) in [6.07, 6.45) is 2.51. The highest BCUT2D eigenvalue weighted by atomic mass is 16.3. The third-order valence-corrected chi connectivity index (χ3v) is 1.24. The van der Waals surface area contributed by atoms with Crippen molar-refractivity contribution in [3.8, 4) is 0 Å². The van der Waals surface area contributed by atoms with Gasteiger partial charge in [0.25, 0.3) is 0 Å². The molecule has 4 nitrogen and oxygen atoms in total. The van der Waals surface area contributed by atoms with E-state index in [1.165, 1.54) is 10.8 Å². The van der Waals surface area contributed by atoms with E-state index in [2.05, 4.69) is 4.98 Å². The topological polar surface area (TPSA) is 55.1 Å². The lowest BCUT2D eigenvalue weighted by molar-refractivity contribution is 0.171. The Labute approximate surface area is 64.1 Å². The zero-order valence-corrected chi connectivity index (χ0v) is 6.27. The van der Waals surface area contributed by atoms with E-state index in [0.717, 1.165) is 0 Å². The predicted octanol–water partition coefficient (Wildman–Crippen LogP) is -0.376. The highest BCUT2D eigenvalue weighted by Crippen LogP contribution is 1.84. The molecule has 1 heterocycles. The SMILES string of the molecule is CC(O)Cn1cccnc1=O. The third kappa shape index (κ3) is 2.16. The summed E-state index contributed by atoms with van der Waals surface area (Å²) in [5.41, 5.74) is -0.326. The summed E-state index contributed by atoms with van der Waals surface area (Å²) < 4.78 is 1.37. The molecule has 1 aromatic heterocycles. The molecule has 0 saturated carbocycles. The number of rotatable bonds is 2. The van der Waals surface area contributed by atoms with Crippen LogP contribution in [0.15, 0.2) is 23.3 Å². The molecule has 60 valence electrons. The maximum atomic E-state index is 10.9. The maximum absolute atomic E-state index is 10.9. The third-order valence-electron chi connectivity index (χ3n) is 1.24. The van der Waals surface area contributed by atoms with Crippen molar-refractivity contribution in [1.82, 2.24) is 9.55 Å². The minimum atomic E-state index is -0.517. The number of nitrogens with zero attached hydrogens (tertiary/aromatic N) is 2. The van der Waals surface area contributed by atoms with Crippen molar-refractivity contribution >= 4 is 0 Å². The molecule has 0 aliphatic rings. The van der Waals surface area contributed by atoms with E-state index in [-0.39, 0.29) is 5.69 Å². The van der Waals surface area contributed by atoms with Crippen LogP contribution in [0.25, 0.3) is 0 Å². The molecule has 0 saturated heterocycles. The summed E-state index contributed by atoms with van der Waals surface area (Å²) in [5, 5.41) is 8.94. The van der Waals surface area contributed by atoms with Gasteiger partial charge in [-0.3, -0.25) is 4.57 Å². The van der Waals surface area contributed by atoms with Gasteiger partial charge < -0.3 is 5.11 Å². The lowest BCUT2D eigenvalue weighted by Gasteiger charge is -2.04. The van der Waals surface area contributed by atoms with Gasteiger partial charge in [-0.05, 0) is 13.0 Å². The molecule has 4 heteroatoms. The first-order valence-electron chi connectivity index (χ1n) is 3.39. The van der Waals surface area contributed by atoms with E-state index in [9.17, 15) is 4.79 Å². The Morgan fingerprint density at radius 2 is 2.55 bits per heavy atom. The van der Waals surface area contributed by atoms with E-state index >= 15 is 0 Å². The summed E-state index contributed by atoms with van der Waals surface area (Å²) in [6, 6.07) is 1.66. The van der Waals surface area contributed by atoms with Crippen molar-refractivity contribution < 1.29 is 5.11 Å². The Balaban J connectivity index is 2.87. The number of hydrogen-bond donors (Lipinski definition) is 1. The summed E-state index contributed by atoms with van der Waals surface area (Å²) >= 11 is 0. The van der Waals surface area contributed by atoms with Gasteiger partial charge >= 0.3 is 5.69 Å². The van der Waals surface area contributed by atoms with Crippen LogP contribution in [0.5, 0.6) is 0 Å². The summed E-state index contributed by atoms with van der Waals surface area (Å²) in [6.45, 7) is 1.92. The van der Waals surface area contributed by atoms with Crippen LogP contribution in [0.4, 0.5) is 0 Å². The second-order valence-electron chi connectivity index (χ2n) is 2.40. The van der Waals surface area contributed by atoms with Gasteiger partial charge in [-0.2, -0.15) is 0 Å². The van der Waals surface area contributed by atoms with Crippen LogP contribution in [0.3, 0.4) is 0 Å². The van der Waals surface area contributed by atoms with Gasteiger partial charge in [-0.1, -0.05) is 0 Å². The molecule has 0 radical (unpaired) electrons. The van der Waals surface area contributed by atoms with Gasteiger partial charge in [-0.15, -0.1) is 0 Å². The molecule has 0 aliphatic heterocycles. The normalized spacial score (nSPS) is 12.9. The fourth-order valence-electron chi connectivity index (χ4n) is 0.811. The summed E-state index contributed by atoms with van der Waals surface area (Å²) in [5.74, 6) is 0. The molecule has 1 aromatic rings. The monoisotopic (exact) mass is 154 g/mol. The van der Waals surface area contributed by atoms with Crippen LogP contribution in [0.2, 0.25) is 0 Å². The first-order chi connectivity index (χ1) is 5.20. The zero-order valence-electron chi connectivity index (χ0n) is 6.27. The maximum Gasteiger partial charge on any atom is 0.347 e. The van der Waals surface area contributed by atoms with Gasteiger partial charge in [0.1, 0.15) is 0 Å². The van der Waals surface area contributed by atoms with Crippen LogP contribution in [0, 0.1) is 0 Å². The van der Waals surface area contributed by atoms with E-state index in [0.29, 0.717) is 6.54 Å². The van der Waals surface area contributed by atoms with E-state index in [1.807, 2.05) is 0 Å². The fraction of sp³-hybridized carbons (Fsp3) is 0.429. The smallest absolute Gasteiger partial charge is 0.347 e. The lowest BCUT2D eigenvalue weighted by atomic mass is 10.4. The average molecular weight is 154 g/mol. The molecule has 1 N–H and O–H groups in total. The van der Waals surface area contributed by atoms with Gasteiger partial charge in [0, 0.05) is 12.4 Å². The predicted molar refractivity (Wildman–Crippen MR) is 40.2 cm³/mol. The highest BCUT2D eigenvalue weighted by molar-refractivity contribution is 4.81. The number of aliphatic hydroxyl groups excluding tert-OH is 1. The highest BCUT2D eigenvalue weighted by Gasteiger charge is 1.98. The van der Waals surface area contributed by atoms with Crippen LogP contribution >= 0.6 is 0 Å². The molecule has 0 fully saturated rings. The van der Waals surface area contributed by atoms with Crippen molar-refractivity contribution in [3.05, 3.63) is 28.9 Å². The number of aromatic nitrogens is 2. The fourth-order valence-corrected chi connectivity index (χ4v) is 0.811. The van der Waals surface area contributed by atoms with Crippen molar-refractivity contribution in [3.63, 3.8) is 0 Å². The summed E-state index contributed by atoms with van der Waals surface area (Å²) in [7, 11) is 0. The minimum absolute atomic E-state index is 0.298. The van der Waals surface area contributed by atoms with Crippen LogP contribution in [0.1, 0.15) is 6.92 Å². The molecule has 0 bridgehead atoms. The van der Waals surface area contributed by atoms with Crippen LogP contribution in [-0.2, 0) is 6.54 Å². The Hall–Kier alpha value is -1.16. The lowest BCUT2D eigenvalue weighted by Crippen LogP contribution is -2.26. The van der Waals surface area contributed by atoms with E-state index in [4.69, 9.17) is 5.11 Å². The second-order valence-corrected chi connectivity index (χ2v) is 2.40. The first kappa shape index (κ1) is 7.94. The Bertz CT molecular complexity index is 280. The Morgan fingerprint density at radius 1 is 1.82 bits per heavy atom. The minimum Gasteiger partial charge on any atom is -0.392 e. The Kier molecular flexibility index (Phi) is 2.38. The molecule has 0 amide bonds. The average Bonchev–Trinajstić information content (AvgIpc) is 1.93. The molecule has 0 aliphatic carbocycles. The molecule has 1 unspecified atom stereocenters. The summed E-state index contributed by atoms with van der Waals surface area (Å²) in [4.78, 5) is 14.4. The quantitative estimate of drug-likeness (QED) is 0.632. The standard InChI is InChI=1S/C7H10N2O2/c1-6(10)5-9-4-2-3-8-7(9)11/h2-4,6,10H,5H2,1H3. The molecule has 1 rings (SSSR count). The van der Waals surface area contributed by atoms with E-state index in [1.54, 1.807) is 19.2 Å². The number of hydrogen-bond acceptors (Lipinski definition) is 3. The zero-order chi connectivity index (χ0) is 8.27. The first-order valence-corrected chi connectivity index (χ1v) is 3.39. The Morgan fingerprint density at radius 3 is 3.09 bits per heavy atom. The van der Waals surface area contributed by atoms with E-state index < -0.39 is 6.10 Å². The largest absolute Gasteiger partial charge is 0.392 e. The van der Waals surface area contributed by atoms with Crippen molar-refractivity contribution in [1.29, 1.82) is 0 Å². The van der Waals surface area contributed by atoms with Gasteiger partial charge in [0.2, 0.25) is 0 Å². The molecule has 0 spiro atoms. The van der Waals surface area contributed by atoms with Crippen molar-refractivity contribution in [2.75, 3.05) is 0 Å². The van der Waals surface area contributed by atoms with Gasteiger partial charge in [-0.25, -0.2) is 9.78 Å². The molecular weight excluding hydrogens is 144 g/mol.